The van der Waals surface area contributed by atoms with E-state index in [2.05, 4.69) is 10.3 Å². The van der Waals surface area contributed by atoms with E-state index in [0.29, 0.717) is 29.2 Å². The molecule has 0 aliphatic rings. The molecule has 0 fully saturated rings. The Morgan fingerprint density at radius 3 is 2.59 bits per heavy atom. The molecule has 2 aromatic heterocycles. The summed E-state index contributed by atoms with van der Waals surface area (Å²) < 4.78 is 7.46. The van der Waals surface area contributed by atoms with E-state index < -0.39 is 0 Å². The van der Waals surface area contributed by atoms with Gasteiger partial charge >= 0.3 is 0 Å². The second-order valence-corrected chi connectivity index (χ2v) is 7.67. The van der Waals surface area contributed by atoms with Gasteiger partial charge in [-0.2, -0.15) is 0 Å². The number of pyridine rings is 1. The van der Waals surface area contributed by atoms with Gasteiger partial charge < -0.3 is 10.1 Å². The van der Waals surface area contributed by atoms with Gasteiger partial charge in [-0.05, 0) is 42.7 Å². The van der Waals surface area contributed by atoms with Crippen LogP contribution in [0.5, 0.6) is 5.75 Å². The fourth-order valence-corrected chi connectivity index (χ4v) is 3.66. The number of rotatable bonds is 7. The third kappa shape index (κ3) is 4.70. The van der Waals surface area contributed by atoms with Crippen molar-refractivity contribution in [2.75, 3.05) is 5.32 Å². The first-order valence-corrected chi connectivity index (χ1v) is 10.6. The van der Waals surface area contributed by atoms with Gasteiger partial charge in [0, 0.05) is 12.3 Å². The van der Waals surface area contributed by atoms with Gasteiger partial charge in [-0.25, -0.2) is 4.98 Å². The number of carbonyl (C=O) groups is 1. The van der Waals surface area contributed by atoms with Crippen LogP contribution in [0.1, 0.15) is 36.1 Å². The molecule has 4 rings (SSSR count). The molecule has 1 N–H and O–H groups in total. The minimum atomic E-state index is -0.255. The highest BCUT2D eigenvalue weighted by molar-refractivity contribution is 5.97. The number of para-hydroxylation sites is 2. The maximum Gasteiger partial charge on any atom is 0.258 e. The van der Waals surface area contributed by atoms with Gasteiger partial charge in [-0.15, -0.1) is 0 Å². The Hall–Kier alpha value is -3.93. The molecule has 162 valence electrons. The average Bonchev–Trinajstić information content (AvgIpc) is 2.80. The van der Waals surface area contributed by atoms with Crippen LogP contribution in [0.3, 0.4) is 0 Å². The van der Waals surface area contributed by atoms with Crippen molar-refractivity contribution >= 4 is 17.2 Å². The lowest BCUT2D eigenvalue weighted by molar-refractivity contribution is -0.117. The van der Waals surface area contributed by atoms with E-state index in [9.17, 15) is 9.59 Å². The van der Waals surface area contributed by atoms with Gasteiger partial charge in [0.25, 0.3) is 5.56 Å². The van der Waals surface area contributed by atoms with Crippen molar-refractivity contribution in [1.82, 2.24) is 9.38 Å². The summed E-state index contributed by atoms with van der Waals surface area (Å²) >= 11 is 0. The molecule has 2 aromatic carbocycles. The average molecular weight is 428 g/mol. The summed E-state index contributed by atoms with van der Waals surface area (Å²) in [6, 6.07) is 22.2. The molecule has 2 heterocycles. The van der Waals surface area contributed by atoms with Crippen LogP contribution in [0.2, 0.25) is 0 Å². The molecular formula is C26H25N3O3. The lowest BCUT2D eigenvalue weighted by Crippen LogP contribution is -2.21. The van der Waals surface area contributed by atoms with E-state index in [1.807, 2.05) is 68.4 Å². The molecular weight excluding hydrogens is 402 g/mol. The van der Waals surface area contributed by atoms with E-state index in [-0.39, 0.29) is 24.0 Å². The molecule has 0 aliphatic carbocycles. The molecule has 0 bridgehead atoms. The quantitative estimate of drug-likeness (QED) is 0.463. The zero-order valence-corrected chi connectivity index (χ0v) is 18.1. The summed E-state index contributed by atoms with van der Waals surface area (Å²) in [5.41, 5.74) is 3.47. The van der Waals surface area contributed by atoms with Crippen molar-refractivity contribution < 1.29 is 9.53 Å². The number of aryl methyl sites for hydroxylation is 1. The number of aromatic nitrogens is 2. The first-order chi connectivity index (χ1) is 15.5. The fourth-order valence-electron chi connectivity index (χ4n) is 3.66. The molecule has 4 aromatic rings. The molecule has 0 saturated carbocycles. The number of carbonyl (C=O) groups excluding carboxylic acids is 1. The molecule has 0 saturated heterocycles. The predicted molar refractivity (Wildman–Crippen MR) is 125 cm³/mol. The van der Waals surface area contributed by atoms with E-state index in [1.165, 1.54) is 10.5 Å². The van der Waals surface area contributed by atoms with E-state index in [1.54, 1.807) is 18.3 Å². The summed E-state index contributed by atoms with van der Waals surface area (Å²) in [6.45, 7) is 4.03. The summed E-state index contributed by atoms with van der Waals surface area (Å²) in [6.07, 6.45) is 2.44. The van der Waals surface area contributed by atoms with Crippen LogP contribution in [0.15, 0.2) is 83.8 Å². The standard InChI is InChI=1S/C26H25N3O3/c1-3-21(19-9-5-4-6-10-19)26(31)28-22-11-7-8-12-23(22)32-17-20-15-25(30)29-16-18(2)13-14-24(29)27-20/h4-16,21H,3,17H2,1-2H3,(H,28,31)/t21-/m1/s1. The Balaban J connectivity index is 1.52. The van der Waals surface area contributed by atoms with Crippen LogP contribution >= 0.6 is 0 Å². The number of ether oxygens (including phenoxy) is 1. The number of hydrogen-bond donors (Lipinski definition) is 1. The van der Waals surface area contributed by atoms with Crippen LogP contribution in [0, 0.1) is 6.92 Å². The second-order valence-electron chi connectivity index (χ2n) is 7.67. The second kappa shape index (κ2) is 9.47. The number of fused-ring (bicyclic) bond motifs is 1. The van der Waals surface area contributed by atoms with E-state index in [0.717, 1.165) is 11.1 Å². The van der Waals surface area contributed by atoms with Gasteiger partial charge in [0.05, 0.1) is 17.3 Å². The number of benzene rings is 2. The molecule has 0 spiro atoms. The molecule has 0 unspecified atom stereocenters. The van der Waals surface area contributed by atoms with Crippen molar-refractivity contribution in [3.8, 4) is 5.75 Å². The topological polar surface area (TPSA) is 72.7 Å². The van der Waals surface area contributed by atoms with Crippen molar-refractivity contribution in [3.05, 3.63) is 106 Å². The van der Waals surface area contributed by atoms with E-state index >= 15 is 0 Å². The predicted octanol–water partition coefficient (Wildman–Crippen LogP) is 4.71. The number of amides is 1. The van der Waals surface area contributed by atoms with Crippen LogP contribution in [0.25, 0.3) is 5.65 Å². The third-order valence-electron chi connectivity index (χ3n) is 5.31. The lowest BCUT2D eigenvalue weighted by atomic mass is 9.95. The largest absolute Gasteiger partial charge is 0.485 e. The van der Waals surface area contributed by atoms with Gasteiger partial charge in [0.15, 0.2) is 0 Å². The molecule has 1 amide bonds. The van der Waals surface area contributed by atoms with Crippen molar-refractivity contribution in [3.63, 3.8) is 0 Å². The molecule has 6 nitrogen and oxygen atoms in total. The molecule has 6 heteroatoms. The summed E-state index contributed by atoms with van der Waals surface area (Å²) in [5, 5.41) is 2.99. The zero-order valence-electron chi connectivity index (χ0n) is 18.1. The van der Waals surface area contributed by atoms with Crippen LogP contribution in [0.4, 0.5) is 5.69 Å². The van der Waals surface area contributed by atoms with Gasteiger partial charge in [0.1, 0.15) is 18.0 Å². The summed E-state index contributed by atoms with van der Waals surface area (Å²) in [4.78, 5) is 29.9. The molecule has 0 radical (unpaired) electrons. The van der Waals surface area contributed by atoms with Crippen LogP contribution in [-0.2, 0) is 11.4 Å². The minimum absolute atomic E-state index is 0.0906. The minimum Gasteiger partial charge on any atom is -0.485 e. The first-order valence-electron chi connectivity index (χ1n) is 10.6. The zero-order chi connectivity index (χ0) is 22.5. The van der Waals surface area contributed by atoms with Gasteiger partial charge in [-0.1, -0.05) is 55.5 Å². The highest BCUT2D eigenvalue weighted by Crippen LogP contribution is 2.27. The molecule has 32 heavy (non-hydrogen) atoms. The highest BCUT2D eigenvalue weighted by atomic mass is 16.5. The van der Waals surface area contributed by atoms with Gasteiger partial charge in [0.2, 0.25) is 5.91 Å². The monoisotopic (exact) mass is 427 g/mol. The fraction of sp³-hybridized carbons (Fsp3) is 0.192. The number of nitrogens with zero attached hydrogens (tertiary/aromatic N) is 2. The summed E-state index contributed by atoms with van der Waals surface area (Å²) in [5.74, 6) is 0.178. The Kier molecular flexibility index (Phi) is 6.31. The first kappa shape index (κ1) is 21.3. The maximum atomic E-state index is 13.0. The molecule has 0 aliphatic heterocycles. The van der Waals surface area contributed by atoms with Crippen molar-refractivity contribution in [1.29, 1.82) is 0 Å². The normalized spacial score (nSPS) is 11.8. The summed E-state index contributed by atoms with van der Waals surface area (Å²) in [7, 11) is 0. The Morgan fingerprint density at radius 1 is 1.06 bits per heavy atom. The number of hydrogen-bond acceptors (Lipinski definition) is 4. The van der Waals surface area contributed by atoms with Crippen molar-refractivity contribution in [2.45, 2.75) is 32.8 Å². The van der Waals surface area contributed by atoms with E-state index in [4.69, 9.17) is 4.74 Å². The Morgan fingerprint density at radius 2 is 1.81 bits per heavy atom. The number of anilines is 1. The number of nitrogens with one attached hydrogen (secondary N) is 1. The lowest BCUT2D eigenvalue weighted by Gasteiger charge is -2.17. The highest BCUT2D eigenvalue weighted by Gasteiger charge is 2.19. The van der Waals surface area contributed by atoms with Gasteiger partial charge in [-0.3, -0.25) is 14.0 Å². The Bertz CT molecular complexity index is 1300. The SMILES string of the molecule is CC[C@@H](C(=O)Nc1ccccc1OCc1cc(=O)n2cc(C)ccc2n1)c1ccccc1. The molecule has 1 atom stereocenters. The third-order valence-corrected chi connectivity index (χ3v) is 5.31. The van der Waals surface area contributed by atoms with Crippen molar-refractivity contribution in [2.24, 2.45) is 0 Å². The van der Waals surface area contributed by atoms with Crippen LogP contribution < -0.4 is 15.6 Å². The Labute approximate surface area is 186 Å². The smallest absolute Gasteiger partial charge is 0.258 e. The van der Waals surface area contributed by atoms with Crippen LogP contribution in [-0.4, -0.2) is 15.3 Å². The maximum absolute atomic E-state index is 13.0.